The molecule has 0 radical (unpaired) electrons. The van der Waals surface area contributed by atoms with Crippen molar-refractivity contribution in [2.24, 2.45) is 0 Å². The van der Waals surface area contributed by atoms with Gasteiger partial charge in [0, 0.05) is 46.5 Å². The van der Waals surface area contributed by atoms with Gasteiger partial charge >= 0.3 is 5.97 Å². The second-order valence-electron chi connectivity index (χ2n) is 27.3. The van der Waals surface area contributed by atoms with Gasteiger partial charge in [-0.3, -0.25) is 9.97 Å². The monoisotopic (exact) mass is 1170 g/mol. The van der Waals surface area contributed by atoms with Gasteiger partial charge in [-0.25, -0.2) is 14.8 Å². The number of aryl methyl sites for hydroxylation is 2. The molecule has 0 saturated carbocycles. The molecule has 0 spiro atoms. The SMILES string of the molecule is CCc1cc(N(c2ccc(C(C)(C)C)cc2)c2ccc(C(C)(C)C)cc2)ccc1/C=C/c1ccnc(-c2cc(/C=C/c3ccc(N(c4ccc(C(C)(C)C)cc4)c4ccc(C(C)(C)C)cc4)cc3CC)cc(-c3cccc(-c4cc(C(=O)O)ccn4)n3)n2)c1. The number of rotatable bonds is 16. The van der Waals surface area contributed by atoms with Crippen LogP contribution in [0.1, 0.15) is 163 Å². The second kappa shape index (κ2) is 25.7. The molecule has 89 heavy (non-hydrogen) atoms. The molecule has 10 rings (SSSR count). The number of benzene rings is 6. The van der Waals surface area contributed by atoms with Crippen LogP contribution in [-0.4, -0.2) is 31.0 Å². The minimum absolute atomic E-state index is 0.0310. The molecule has 10 aromatic rings. The van der Waals surface area contributed by atoms with Crippen LogP contribution in [-0.2, 0) is 34.5 Å². The maximum absolute atomic E-state index is 12.0. The quantitative estimate of drug-likeness (QED) is 0.102. The highest BCUT2D eigenvalue weighted by Gasteiger charge is 2.22. The Balaban J connectivity index is 1.01. The Labute approximate surface area is 528 Å². The van der Waals surface area contributed by atoms with Crippen LogP contribution >= 0.6 is 0 Å². The summed E-state index contributed by atoms with van der Waals surface area (Å²) in [4.78, 5) is 36.4. The Morgan fingerprint density at radius 3 is 1.10 bits per heavy atom. The molecule has 4 aromatic heterocycles. The largest absolute Gasteiger partial charge is 0.478 e. The van der Waals surface area contributed by atoms with E-state index in [9.17, 15) is 9.90 Å². The van der Waals surface area contributed by atoms with Crippen LogP contribution in [0, 0.1) is 0 Å². The summed E-state index contributed by atoms with van der Waals surface area (Å²) >= 11 is 0. The molecule has 0 aliphatic heterocycles. The van der Waals surface area contributed by atoms with Crippen LogP contribution in [0.2, 0.25) is 0 Å². The van der Waals surface area contributed by atoms with Crippen molar-refractivity contribution in [2.75, 3.05) is 9.80 Å². The summed E-state index contributed by atoms with van der Waals surface area (Å²) < 4.78 is 0. The van der Waals surface area contributed by atoms with E-state index < -0.39 is 5.97 Å². The van der Waals surface area contributed by atoms with Gasteiger partial charge in [-0.2, -0.15) is 0 Å². The molecular formula is C81H84N6O2. The first-order valence-corrected chi connectivity index (χ1v) is 31.1. The lowest BCUT2D eigenvalue weighted by molar-refractivity contribution is 0.0696. The van der Waals surface area contributed by atoms with Crippen LogP contribution in [0.15, 0.2) is 200 Å². The molecule has 0 bridgehead atoms. The summed E-state index contributed by atoms with van der Waals surface area (Å²) in [7, 11) is 0. The van der Waals surface area contributed by atoms with Crippen LogP contribution in [0.4, 0.5) is 34.1 Å². The Bertz CT molecular complexity index is 4090. The standard InChI is InChI=1S/C81H84N6O2/c1-15-56-51-69(86(65-36-26-61(27-37-65)78(3,4)5)66-38-28-62(29-39-66)79(6,7)8)34-24-58(56)22-20-54-44-46-82-73(48-54)76-50-55(49-75(85-76)72-19-17-18-71(84-72)74-53-60(77(88)89)45-47-83-74)21-23-59-25-35-70(52-57(59)16-2)87(67-40-30-63(31-41-67)80(9,10)11)68-42-32-64(33-43-68)81(12,13)14/h17-53H,15-16H2,1-14H3,(H,88,89)/b22-20+,23-21+. The Morgan fingerprint density at radius 1 is 0.371 bits per heavy atom. The van der Waals surface area contributed by atoms with E-state index in [1.165, 1.54) is 45.6 Å². The molecule has 4 heterocycles. The molecule has 0 aliphatic carbocycles. The Hall–Kier alpha value is -9.53. The molecule has 6 aromatic carbocycles. The fraction of sp³-hybridized carbons (Fsp3) is 0.247. The smallest absolute Gasteiger partial charge is 0.335 e. The Morgan fingerprint density at radius 2 is 0.708 bits per heavy atom. The van der Waals surface area contributed by atoms with Crippen LogP contribution in [0.25, 0.3) is 58.5 Å². The van der Waals surface area contributed by atoms with Gasteiger partial charge in [0.2, 0.25) is 0 Å². The molecule has 0 saturated heterocycles. The number of carboxylic acid groups (broad SMARTS) is 1. The second-order valence-corrected chi connectivity index (χ2v) is 27.3. The number of anilines is 6. The molecule has 8 nitrogen and oxygen atoms in total. The van der Waals surface area contributed by atoms with Crippen molar-refractivity contribution in [3.05, 3.63) is 262 Å². The first-order valence-electron chi connectivity index (χ1n) is 31.1. The maximum Gasteiger partial charge on any atom is 0.335 e. The summed E-state index contributed by atoms with van der Waals surface area (Å²) in [5.74, 6) is -1.03. The first-order chi connectivity index (χ1) is 42.3. The first kappa shape index (κ1) is 62.5. The van der Waals surface area contributed by atoms with Crippen molar-refractivity contribution in [1.29, 1.82) is 0 Å². The molecule has 0 atom stereocenters. The van der Waals surface area contributed by atoms with Crippen LogP contribution < -0.4 is 9.80 Å². The molecule has 0 fully saturated rings. The van der Waals surface area contributed by atoms with Crippen molar-refractivity contribution < 1.29 is 9.90 Å². The number of pyridine rings is 4. The van der Waals surface area contributed by atoms with E-state index in [1.54, 1.807) is 6.07 Å². The van der Waals surface area contributed by atoms with Crippen LogP contribution in [0.5, 0.6) is 0 Å². The summed E-state index contributed by atoms with van der Waals surface area (Å²) in [6.45, 7) is 31.5. The average molecular weight is 1170 g/mol. The Kier molecular flexibility index (Phi) is 18.0. The summed E-state index contributed by atoms with van der Waals surface area (Å²) in [5, 5.41) is 9.82. The molecular weight excluding hydrogens is 1090 g/mol. The minimum atomic E-state index is -1.03. The highest BCUT2D eigenvalue weighted by Crippen LogP contribution is 2.41. The van der Waals surface area contributed by atoms with Gasteiger partial charge in [-0.15, -0.1) is 0 Å². The summed E-state index contributed by atoms with van der Waals surface area (Å²) in [6.07, 6.45) is 13.7. The number of aromatic carboxylic acids is 1. The van der Waals surface area contributed by atoms with Crippen molar-refractivity contribution in [1.82, 2.24) is 19.9 Å². The summed E-state index contributed by atoms with van der Waals surface area (Å²) in [5.41, 5.74) is 22.2. The number of nitrogens with zero attached hydrogens (tertiary/aromatic N) is 6. The molecule has 8 heteroatoms. The molecule has 0 unspecified atom stereocenters. The van der Waals surface area contributed by atoms with Gasteiger partial charge < -0.3 is 14.9 Å². The lowest BCUT2D eigenvalue weighted by Gasteiger charge is -2.28. The van der Waals surface area contributed by atoms with Gasteiger partial charge in [0.25, 0.3) is 0 Å². The summed E-state index contributed by atoms with van der Waals surface area (Å²) in [6, 6.07) is 66.4. The van der Waals surface area contributed by atoms with E-state index in [2.05, 4.69) is 282 Å². The average Bonchev–Trinajstić information content (AvgIpc) is 0.974. The van der Waals surface area contributed by atoms with Gasteiger partial charge in [-0.1, -0.05) is 188 Å². The highest BCUT2D eigenvalue weighted by atomic mass is 16.4. The van der Waals surface area contributed by atoms with Gasteiger partial charge in [-0.05, 0) is 211 Å². The van der Waals surface area contributed by atoms with E-state index >= 15 is 0 Å². The lowest BCUT2D eigenvalue weighted by atomic mass is 9.86. The van der Waals surface area contributed by atoms with Crippen molar-refractivity contribution in [3.8, 4) is 34.2 Å². The molecule has 0 amide bonds. The molecule has 1 N–H and O–H groups in total. The van der Waals surface area contributed by atoms with Crippen molar-refractivity contribution in [2.45, 2.75) is 131 Å². The van der Waals surface area contributed by atoms with Crippen molar-refractivity contribution >= 4 is 64.4 Å². The van der Waals surface area contributed by atoms with E-state index in [4.69, 9.17) is 15.0 Å². The topological polar surface area (TPSA) is 95.3 Å². The van der Waals surface area contributed by atoms with E-state index in [0.717, 1.165) is 69.2 Å². The zero-order chi connectivity index (χ0) is 63.4. The molecule has 0 aliphatic rings. The van der Waals surface area contributed by atoms with Crippen LogP contribution in [0.3, 0.4) is 0 Å². The number of aromatic nitrogens is 4. The zero-order valence-corrected chi connectivity index (χ0v) is 54.3. The third-order valence-electron chi connectivity index (χ3n) is 16.6. The predicted octanol–water partition coefficient (Wildman–Crippen LogP) is 21.6. The number of carbonyl (C=O) groups is 1. The third kappa shape index (κ3) is 14.7. The molecule has 450 valence electrons. The fourth-order valence-electron chi connectivity index (χ4n) is 11.1. The maximum atomic E-state index is 12.0. The fourth-order valence-corrected chi connectivity index (χ4v) is 11.1. The van der Waals surface area contributed by atoms with Gasteiger partial charge in [0.15, 0.2) is 0 Å². The zero-order valence-electron chi connectivity index (χ0n) is 54.3. The number of hydrogen-bond acceptors (Lipinski definition) is 7. The van der Waals surface area contributed by atoms with Crippen molar-refractivity contribution in [3.63, 3.8) is 0 Å². The van der Waals surface area contributed by atoms with E-state index in [-0.39, 0.29) is 27.2 Å². The number of carboxylic acids is 1. The van der Waals surface area contributed by atoms with E-state index in [0.29, 0.717) is 34.2 Å². The lowest BCUT2D eigenvalue weighted by Crippen LogP contribution is -2.14. The minimum Gasteiger partial charge on any atom is -0.478 e. The normalized spacial score (nSPS) is 12.2. The van der Waals surface area contributed by atoms with E-state index in [1.807, 2.05) is 36.5 Å². The predicted molar refractivity (Wildman–Crippen MR) is 375 cm³/mol. The van der Waals surface area contributed by atoms with Gasteiger partial charge in [0.05, 0.1) is 39.7 Å². The number of hydrogen-bond donors (Lipinski definition) is 1. The third-order valence-corrected chi connectivity index (χ3v) is 16.6. The highest BCUT2D eigenvalue weighted by molar-refractivity contribution is 5.89. The van der Waals surface area contributed by atoms with Gasteiger partial charge in [0.1, 0.15) is 0 Å².